The van der Waals surface area contributed by atoms with Crippen LogP contribution in [0.3, 0.4) is 0 Å². The predicted molar refractivity (Wildman–Crippen MR) is 72.9 cm³/mol. The molecule has 1 N–H and O–H groups in total. The van der Waals surface area contributed by atoms with E-state index in [1.165, 1.54) is 18.7 Å². The number of piperidine rings is 1. The average molecular weight is 232 g/mol. The van der Waals surface area contributed by atoms with Crippen LogP contribution in [0.2, 0.25) is 0 Å². The van der Waals surface area contributed by atoms with Gasteiger partial charge in [0.05, 0.1) is 0 Å². The highest BCUT2D eigenvalue weighted by Crippen LogP contribution is 2.23. The zero-order valence-corrected chi connectivity index (χ0v) is 11.2. The van der Waals surface area contributed by atoms with Crippen LogP contribution in [-0.2, 0) is 6.54 Å². The Labute approximate surface area is 105 Å². The summed E-state index contributed by atoms with van der Waals surface area (Å²) >= 11 is 0. The maximum absolute atomic E-state index is 3.46. The zero-order valence-electron chi connectivity index (χ0n) is 11.2. The van der Waals surface area contributed by atoms with Gasteiger partial charge in [0.15, 0.2) is 0 Å². The molecule has 0 spiro atoms. The minimum atomic E-state index is 0.669. The maximum atomic E-state index is 3.46. The largest absolute Gasteiger partial charge is 0.316 e. The average Bonchev–Trinajstić information content (AvgIpc) is 2.30. The molecule has 1 aliphatic heterocycles. The van der Waals surface area contributed by atoms with Crippen molar-refractivity contribution in [2.75, 3.05) is 20.1 Å². The maximum Gasteiger partial charge on any atom is 0.0233 e. The normalized spacial score (nSPS) is 27.2. The van der Waals surface area contributed by atoms with Crippen molar-refractivity contribution in [2.24, 2.45) is 11.8 Å². The van der Waals surface area contributed by atoms with Gasteiger partial charge < -0.3 is 5.32 Å². The Morgan fingerprint density at radius 1 is 1.12 bits per heavy atom. The molecule has 0 amide bonds. The van der Waals surface area contributed by atoms with E-state index < -0.39 is 0 Å². The minimum Gasteiger partial charge on any atom is -0.316 e. The molecule has 1 aliphatic rings. The van der Waals surface area contributed by atoms with E-state index in [-0.39, 0.29) is 0 Å². The number of likely N-dealkylation sites (tertiary alicyclic amines) is 1. The monoisotopic (exact) mass is 232 g/mol. The van der Waals surface area contributed by atoms with Crippen LogP contribution in [0, 0.1) is 11.8 Å². The van der Waals surface area contributed by atoms with Gasteiger partial charge in [0.25, 0.3) is 0 Å². The van der Waals surface area contributed by atoms with Gasteiger partial charge in [0.2, 0.25) is 0 Å². The fraction of sp³-hybridized carbons (Fsp3) is 0.600. The first-order valence-corrected chi connectivity index (χ1v) is 6.64. The summed E-state index contributed by atoms with van der Waals surface area (Å²) in [6.07, 6.45) is 0. The molecule has 1 saturated heterocycles. The van der Waals surface area contributed by atoms with E-state index in [4.69, 9.17) is 0 Å². The third-order valence-corrected chi connectivity index (χ3v) is 3.90. The van der Waals surface area contributed by atoms with Gasteiger partial charge in [-0.05, 0) is 24.4 Å². The summed E-state index contributed by atoms with van der Waals surface area (Å²) in [5.74, 6) is 1.46. The lowest BCUT2D eigenvalue weighted by Crippen LogP contribution is -2.52. The first kappa shape index (κ1) is 12.6. The molecule has 0 bridgehead atoms. The SMILES string of the molecule is CNC1[C@H](C)CN(Cc2ccccc2)C[C@H]1C. The Morgan fingerprint density at radius 3 is 2.24 bits per heavy atom. The Balaban J connectivity index is 1.96. The molecule has 2 heteroatoms. The third-order valence-electron chi connectivity index (χ3n) is 3.90. The van der Waals surface area contributed by atoms with E-state index in [0.717, 1.165) is 18.4 Å². The molecular formula is C15H24N2. The van der Waals surface area contributed by atoms with Crippen LogP contribution in [0.4, 0.5) is 0 Å². The van der Waals surface area contributed by atoms with E-state index >= 15 is 0 Å². The zero-order chi connectivity index (χ0) is 12.3. The lowest BCUT2D eigenvalue weighted by atomic mass is 9.86. The molecule has 1 heterocycles. The van der Waals surface area contributed by atoms with Gasteiger partial charge >= 0.3 is 0 Å². The van der Waals surface area contributed by atoms with Crippen LogP contribution in [0.15, 0.2) is 30.3 Å². The molecule has 1 aromatic rings. The molecular weight excluding hydrogens is 208 g/mol. The van der Waals surface area contributed by atoms with Crippen LogP contribution >= 0.6 is 0 Å². The van der Waals surface area contributed by atoms with Crippen LogP contribution in [-0.4, -0.2) is 31.1 Å². The van der Waals surface area contributed by atoms with Crippen molar-refractivity contribution in [3.8, 4) is 0 Å². The topological polar surface area (TPSA) is 15.3 Å². The second-order valence-corrected chi connectivity index (χ2v) is 5.45. The fourth-order valence-corrected chi connectivity index (χ4v) is 3.22. The van der Waals surface area contributed by atoms with E-state index in [0.29, 0.717) is 6.04 Å². The van der Waals surface area contributed by atoms with Gasteiger partial charge in [-0.2, -0.15) is 0 Å². The minimum absolute atomic E-state index is 0.669. The smallest absolute Gasteiger partial charge is 0.0233 e. The van der Waals surface area contributed by atoms with Crippen molar-refractivity contribution < 1.29 is 0 Å². The highest BCUT2D eigenvalue weighted by molar-refractivity contribution is 5.14. The van der Waals surface area contributed by atoms with Crippen molar-refractivity contribution in [3.05, 3.63) is 35.9 Å². The summed E-state index contributed by atoms with van der Waals surface area (Å²) in [4.78, 5) is 2.58. The second kappa shape index (κ2) is 5.65. The first-order valence-electron chi connectivity index (χ1n) is 6.64. The van der Waals surface area contributed by atoms with E-state index in [9.17, 15) is 0 Å². The van der Waals surface area contributed by atoms with Gasteiger partial charge in [-0.15, -0.1) is 0 Å². The number of nitrogens with one attached hydrogen (secondary N) is 1. The lowest BCUT2D eigenvalue weighted by molar-refractivity contribution is 0.0987. The van der Waals surface area contributed by atoms with Gasteiger partial charge in [0, 0.05) is 25.7 Å². The Kier molecular flexibility index (Phi) is 4.19. The summed E-state index contributed by atoms with van der Waals surface area (Å²) in [6, 6.07) is 11.5. The molecule has 0 saturated carbocycles. The fourth-order valence-electron chi connectivity index (χ4n) is 3.22. The lowest BCUT2D eigenvalue weighted by Gasteiger charge is -2.41. The van der Waals surface area contributed by atoms with Gasteiger partial charge in [-0.25, -0.2) is 0 Å². The summed E-state index contributed by atoms with van der Waals surface area (Å²) in [5.41, 5.74) is 1.43. The molecule has 17 heavy (non-hydrogen) atoms. The predicted octanol–water partition coefficient (Wildman–Crippen LogP) is 2.36. The van der Waals surface area contributed by atoms with Crippen molar-refractivity contribution in [1.29, 1.82) is 0 Å². The quantitative estimate of drug-likeness (QED) is 0.860. The van der Waals surface area contributed by atoms with Crippen LogP contribution in [0.1, 0.15) is 19.4 Å². The summed E-state index contributed by atoms with van der Waals surface area (Å²) in [5, 5.41) is 3.46. The number of hydrogen-bond donors (Lipinski definition) is 1. The van der Waals surface area contributed by atoms with Crippen LogP contribution < -0.4 is 5.32 Å². The summed E-state index contributed by atoms with van der Waals surface area (Å²) < 4.78 is 0. The summed E-state index contributed by atoms with van der Waals surface area (Å²) in [6.45, 7) is 8.20. The first-order chi connectivity index (χ1) is 8.20. The molecule has 1 aromatic carbocycles. The molecule has 0 unspecified atom stereocenters. The number of nitrogens with zero attached hydrogens (tertiary/aromatic N) is 1. The third kappa shape index (κ3) is 3.08. The van der Waals surface area contributed by atoms with Crippen molar-refractivity contribution in [3.63, 3.8) is 0 Å². The number of benzene rings is 1. The number of hydrogen-bond acceptors (Lipinski definition) is 2. The second-order valence-electron chi connectivity index (χ2n) is 5.45. The highest BCUT2D eigenvalue weighted by atomic mass is 15.2. The van der Waals surface area contributed by atoms with Crippen molar-refractivity contribution in [1.82, 2.24) is 10.2 Å². The molecule has 94 valence electrons. The van der Waals surface area contributed by atoms with Gasteiger partial charge in [0.1, 0.15) is 0 Å². The summed E-state index contributed by atoms with van der Waals surface area (Å²) in [7, 11) is 2.09. The molecule has 0 aromatic heterocycles. The Morgan fingerprint density at radius 2 is 1.71 bits per heavy atom. The Bertz CT molecular complexity index is 324. The van der Waals surface area contributed by atoms with Crippen LogP contribution in [0.25, 0.3) is 0 Å². The van der Waals surface area contributed by atoms with Crippen LogP contribution in [0.5, 0.6) is 0 Å². The number of rotatable bonds is 3. The molecule has 0 radical (unpaired) electrons. The van der Waals surface area contributed by atoms with Gasteiger partial charge in [-0.3, -0.25) is 4.90 Å². The van der Waals surface area contributed by atoms with E-state index in [1.807, 2.05) is 0 Å². The Hall–Kier alpha value is -0.860. The van der Waals surface area contributed by atoms with Gasteiger partial charge in [-0.1, -0.05) is 44.2 Å². The standard InChI is InChI=1S/C15H24N2/c1-12-9-17(10-13(2)15(12)16-3)11-14-7-5-4-6-8-14/h4-8,12-13,15-16H,9-11H2,1-3H3/t12-,13-/m1/s1. The van der Waals surface area contributed by atoms with Crippen molar-refractivity contribution in [2.45, 2.75) is 26.4 Å². The molecule has 0 aliphatic carbocycles. The van der Waals surface area contributed by atoms with E-state index in [1.54, 1.807) is 0 Å². The van der Waals surface area contributed by atoms with Crippen molar-refractivity contribution >= 4 is 0 Å². The highest BCUT2D eigenvalue weighted by Gasteiger charge is 2.30. The molecule has 1 fully saturated rings. The molecule has 2 atom stereocenters. The van der Waals surface area contributed by atoms with E-state index in [2.05, 4.69) is 61.4 Å². The molecule has 2 rings (SSSR count). The molecule has 2 nitrogen and oxygen atoms in total.